The van der Waals surface area contributed by atoms with E-state index in [0.29, 0.717) is 0 Å². The van der Waals surface area contributed by atoms with Gasteiger partial charge in [0.05, 0.1) is 0 Å². The normalized spacial score (nSPS) is 11.4. The maximum Gasteiger partial charge on any atom is 0.411 e. The van der Waals surface area contributed by atoms with Gasteiger partial charge in [-0.25, -0.2) is 4.79 Å². The second-order valence-corrected chi connectivity index (χ2v) is 6.00. The van der Waals surface area contributed by atoms with E-state index in [-0.39, 0.29) is 6.42 Å². The Hall–Kier alpha value is -1.09. The number of allylic oxidation sites excluding steroid dienone is 4. The predicted octanol–water partition coefficient (Wildman–Crippen LogP) is 6.70. The Labute approximate surface area is 146 Å². The molecule has 132 valence electrons. The van der Waals surface area contributed by atoms with Crippen LogP contribution in [0.3, 0.4) is 0 Å². The van der Waals surface area contributed by atoms with E-state index < -0.39 is 11.4 Å². The molecule has 0 heterocycles. The van der Waals surface area contributed by atoms with Crippen LogP contribution in [-0.2, 0) is 9.53 Å². The van der Waals surface area contributed by atoms with Gasteiger partial charge in [0.15, 0.2) is 0 Å². The molecule has 0 N–H and O–H groups in total. The molecule has 0 saturated heterocycles. The smallest absolute Gasteiger partial charge is 0.381 e. The van der Waals surface area contributed by atoms with Crippen molar-refractivity contribution in [3.8, 4) is 0 Å². The van der Waals surface area contributed by atoms with E-state index in [9.17, 15) is 9.59 Å². The summed E-state index contributed by atoms with van der Waals surface area (Å²) in [5, 5.41) is 0. The molecule has 0 saturated carbocycles. The summed E-state index contributed by atoms with van der Waals surface area (Å²) in [5.41, 5.74) is -1.04. The monoisotopic (exact) mass is 342 g/mol. The van der Waals surface area contributed by atoms with E-state index in [1.54, 1.807) is 0 Å². The van der Waals surface area contributed by atoms with Crippen LogP contribution in [0.5, 0.6) is 0 Å². The minimum atomic E-state index is -1.04. The molecule has 0 unspecified atom stereocenters. The SMILES string of the molecule is CCCCCC=CCC=CCCCCCCCC(=O)OC(=O)Cl. The number of carbonyl (C=O) groups is 2. The molecule has 4 heteroatoms. The van der Waals surface area contributed by atoms with E-state index in [2.05, 4.69) is 36.0 Å². The van der Waals surface area contributed by atoms with Gasteiger partial charge in [-0.05, 0) is 38.5 Å². The number of rotatable bonds is 14. The van der Waals surface area contributed by atoms with Crippen LogP contribution in [0.2, 0.25) is 0 Å². The van der Waals surface area contributed by atoms with Crippen molar-refractivity contribution in [3.63, 3.8) is 0 Å². The fourth-order valence-corrected chi connectivity index (χ4v) is 2.31. The Kier molecular flexibility index (Phi) is 16.4. The summed E-state index contributed by atoms with van der Waals surface area (Å²) in [6, 6.07) is 0. The van der Waals surface area contributed by atoms with E-state index in [1.807, 2.05) is 0 Å². The summed E-state index contributed by atoms with van der Waals surface area (Å²) < 4.78 is 4.24. The molecule has 23 heavy (non-hydrogen) atoms. The number of unbranched alkanes of at least 4 members (excludes halogenated alkanes) is 8. The third kappa shape index (κ3) is 18.9. The maximum atomic E-state index is 11.0. The summed E-state index contributed by atoms with van der Waals surface area (Å²) in [7, 11) is 0. The van der Waals surface area contributed by atoms with E-state index >= 15 is 0 Å². The van der Waals surface area contributed by atoms with E-state index in [4.69, 9.17) is 11.6 Å². The molecule has 0 radical (unpaired) electrons. The lowest BCUT2D eigenvalue weighted by Gasteiger charge is -2.00. The van der Waals surface area contributed by atoms with Crippen molar-refractivity contribution < 1.29 is 14.3 Å². The van der Waals surface area contributed by atoms with Crippen LogP contribution >= 0.6 is 11.6 Å². The van der Waals surface area contributed by atoms with Crippen molar-refractivity contribution >= 4 is 23.0 Å². The fraction of sp³-hybridized carbons (Fsp3) is 0.684. The average Bonchev–Trinajstić information content (AvgIpc) is 2.50. The number of esters is 1. The summed E-state index contributed by atoms with van der Waals surface area (Å²) in [6.45, 7) is 2.23. The summed E-state index contributed by atoms with van der Waals surface area (Å²) in [5.74, 6) is -0.532. The second-order valence-electron chi connectivity index (χ2n) is 5.69. The molecule has 3 nitrogen and oxygen atoms in total. The highest BCUT2D eigenvalue weighted by atomic mass is 35.5. The van der Waals surface area contributed by atoms with Crippen LogP contribution in [0.1, 0.15) is 84.0 Å². The van der Waals surface area contributed by atoms with Crippen molar-refractivity contribution in [1.82, 2.24) is 0 Å². The number of halogens is 1. The van der Waals surface area contributed by atoms with Gasteiger partial charge in [0.25, 0.3) is 0 Å². The van der Waals surface area contributed by atoms with Gasteiger partial charge >= 0.3 is 11.4 Å². The van der Waals surface area contributed by atoms with Crippen LogP contribution in [0.4, 0.5) is 4.79 Å². The van der Waals surface area contributed by atoms with Crippen molar-refractivity contribution in [2.75, 3.05) is 0 Å². The van der Waals surface area contributed by atoms with Gasteiger partial charge in [-0.15, -0.1) is 0 Å². The van der Waals surface area contributed by atoms with Crippen LogP contribution in [0.15, 0.2) is 24.3 Å². The van der Waals surface area contributed by atoms with Crippen molar-refractivity contribution in [1.29, 1.82) is 0 Å². The van der Waals surface area contributed by atoms with Crippen molar-refractivity contribution in [2.45, 2.75) is 84.0 Å². The molecule has 0 fully saturated rings. The number of hydrogen-bond acceptors (Lipinski definition) is 3. The highest BCUT2D eigenvalue weighted by Crippen LogP contribution is 2.09. The highest BCUT2D eigenvalue weighted by Gasteiger charge is 2.06. The molecule has 0 aromatic rings. The first-order valence-electron chi connectivity index (χ1n) is 8.87. The summed E-state index contributed by atoms with van der Waals surface area (Å²) in [6.07, 6.45) is 21.7. The second kappa shape index (κ2) is 17.3. The summed E-state index contributed by atoms with van der Waals surface area (Å²) in [4.78, 5) is 21.4. The van der Waals surface area contributed by atoms with Crippen molar-refractivity contribution in [2.24, 2.45) is 0 Å². The van der Waals surface area contributed by atoms with Gasteiger partial charge in [0.2, 0.25) is 0 Å². The molecular weight excluding hydrogens is 312 g/mol. The van der Waals surface area contributed by atoms with Crippen LogP contribution < -0.4 is 0 Å². The van der Waals surface area contributed by atoms with Crippen LogP contribution in [-0.4, -0.2) is 11.4 Å². The van der Waals surface area contributed by atoms with Gasteiger partial charge in [-0.1, -0.05) is 63.3 Å². The Morgan fingerprint density at radius 3 is 2.00 bits per heavy atom. The minimum Gasteiger partial charge on any atom is -0.381 e. The fourth-order valence-electron chi connectivity index (χ4n) is 2.22. The Bertz CT molecular complexity index is 362. The zero-order valence-corrected chi connectivity index (χ0v) is 15.2. The van der Waals surface area contributed by atoms with Gasteiger partial charge in [-0.2, -0.15) is 0 Å². The zero-order valence-electron chi connectivity index (χ0n) is 14.4. The largest absolute Gasteiger partial charge is 0.411 e. The molecule has 0 aliphatic heterocycles. The standard InChI is InChI=1S/C19H31ClO3/c1-2-3-4-5-6-7-8-9-10-11-12-13-14-15-16-17-18(21)23-19(20)22/h6-7,9-10H,2-5,8,11-17H2,1H3. The molecule has 0 atom stereocenters. The third-order valence-corrected chi connectivity index (χ3v) is 3.60. The number of hydrogen-bond donors (Lipinski definition) is 0. The first-order chi connectivity index (χ1) is 11.2. The topological polar surface area (TPSA) is 43.4 Å². The minimum absolute atomic E-state index is 0.267. The van der Waals surface area contributed by atoms with Crippen LogP contribution in [0, 0.1) is 0 Å². The van der Waals surface area contributed by atoms with Crippen LogP contribution in [0.25, 0.3) is 0 Å². The molecule has 0 aromatic heterocycles. The molecular formula is C19H31ClO3. The Morgan fingerprint density at radius 2 is 1.39 bits per heavy atom. The molecule has 0 spiro atoms. The predicted molar refractivity (Wildman–Crippen MR) is 96.7 cm³/mol. The van der Waals surface area contributed by atoms with Crippen molar-refractivity contribution in [3.05, 3.63) is 24.3 Å². The molecule has 0 aliphatic carbocycles. The zero-order chi connectivity index (χ0) is 17.2. The Morgan fingerprint density at radius 1 is 0.826 bits per heavy atom. The van der Waals surface area contributed by atoms with Gasteiger partial charge in [-0.3, -0.25) is 4.79 Å². The average molecular weight is 343 g/mol. The van der Waals surface area contributed by atoms with Gasteiger partial charge < -0.3 is 4.74 Å². The lowest BCUT2D eigenvalue weighted by Crippen LogP contribution is -2.05. The molecule has 0 rings (SSSR count). The van der Waals surface area contributed by atoms with E-state index in [1.165, 1.54) is 38.5 Å². The van der Waals surface area contributed by atoms with E-state index in [0.717, 1.165) is 32.1 Å². The van der Waals surface area contributed by atoms with Gasteiger partial charge in [0.1, 0.15) is 0 Å². The lowest BCUT2D eigenvalue weighted by atomic mass is 10.1. The quantitative estimate of drug-likeness (QED) is 0.116. The molecule has 0 bridgehead atoms. The molecule has 0 aromatic carbocycles. The first kappa shape index (κ1) is 21.9. The number of carbonyl (C=O) groups excluding carboxylic acids is 2. The highest BCUT2D eigenvalue weighted by molar-refractivity contribution is 6.61. The first-order valence-corrected chi connectivity index (χ1v) is 9.24. The van der Waals surface area contributed by atoms with Gasteiger partial charge in [0, 0.05) is 18.0 Å². The Balaban J connectivity index is 3.28. The number of ether oxygens (including phenoxy) is 1. The summed E-state index contributed by atoms with van der Waals surface area (Å²) >= 11 is 4.95. The maximum absolute atomic E-state index is 11.0. The lowest BCUT2D eigenvalue weighted by molar-refractivity contribution is -0.136. The third-order valence-electron chi connectivity index (χ3n) is 3.53. The molecule has 0 aliphatic rings. The molecule has 0 amide bonds.